The fraction of sp³-hybridized carbons (Fsp3) is 0.222. The minimum absolute atomic E-state index is 0.0964. The van der Waals surface area contributed by atoms with Gasteiger partial charge < -0.3 is 24.7 Å². The second-order valence-corrected chi connectivity index (χ2v) is 7.96. The Morgan fingerprint density at radius 3 is 2.37 bits per heavy atom. The number of rotatable bonds is 8. The molecule has 0 atom stereocenters. The zero-order valence-corrected chi connectivity index (χ0v) is 20.4. The van der Waals surface area contributed by atoms with Crippen LogP contribution in [-0.2, 0) is 9.59 Å². The molecule has 2 aromatic carbocycles. The van der Waals surface area contributed by atoms with Gasteiger partial charge in [0, 0.05) is 17.1 Å². The summed E-state index contributed by atoms with van der Waals surface area (Å²) in [6.07, 6.45) is 1.53. The van der Waals surface area contributed by atoms with Gasteiger partial charge in [-0.05, 0) is 80.4 Å². The Hall–Kier alpha value is -4.51. The standard InChI is InChI=1S/C27H28N4O4/c1-17-6-11-25(35-5)24(12-17)30-26(32)16-29-27(33)21(15-28)14-20-13-18(2)31(19(20)3)22-7-9-23(34-4)10-8-22/h6-14H,16H2,1-5H3,(H,29,33)(H,30,32)/b21-14+. The lowest BCUT2D eigenvalue weighted by atomic mass is 10.1. The summed E-state index contributed by atoms with van der Waals surface area (Å²) < 4.78 is 12.5. The predicted molar refractivity (Wildman–Crippen MR) is 135 cm³/mol. The number of aromatic nitrogens is 1. The number of methoxy groups -OCH3 is 2. The number of benzene rings is 2. The molecule has 0 aliphatic carbocycles. The quantitative estimate of drug-likeness (QED) is 0.380. The highest BCUT2D eigenvalue weighted by Gasteiger charge is 2.15. The molecule has 0 saturated carbocycles. The predicted octanol–water partition coefficient (Wildman–Crippen LogP) is 4.08. The van der Waals surface area contributed by atoms with Crippen LogP contribution in [0.3, 0.4) is 0 Å². The number of amides is 2. The molecule has 0 aliphatic rings. The van der Waals surface area contributed by atoms with Crippen molar-refractivity contribution in [2.45, 2.75) is 20.8 Å². The minimum atomic E-state index is -0.631. The van der Waals surface area contributed by atoms with E-state index < -0.39 is 11.8 Å². The monoisotopic (exact) mass is 472 g/mol. The molecule has 0 spiro atoms. The molecule has 1 aromatic heterocycles. The van der Waals surface area contributed by atoms with Crippen LogP contribution < -0.4 is 20.1 Å². The van der Waals surface area contributed by atoms with E-state index in [2.05, 4.69) is 10.6 Å². The molecule has 0 aliphatic heterocycles. The molecule has 2 N–H and O–H groups in total. The third kappa shape index (κ3) is 5.89. The summed E-state index contributed by atoms with van der Waals surface area (Å²) in [5, 5.41) is 14.8. The van der Waals surface area contributed by atoms with Crippen molar-refractivity contribution in [2.24, 2.45) is 0 Å². The Labute approximate surface area is 204 Å². The molecule has 0 unspecified atom stereocenters. The molecule has 180 valence electrons. The molecule has 0 bridgehead atoms. The smallest absolute Gasteiger partial charge is 0.262 e. The van der Waals surface area contributed by atoms with E-state index in [0.29, 0.717) is 11.4 Å². The highest BCUT2D eigenvalue weighted by molar-refractivity contribution is 6.04. The molecule has 8 nitrogen and oxygen atoms in total. The SMILES string of the molecule is COc1ccc(-n2c(C)cc(/C=C(\C#N)C(=O)NCC(=O)Nc3cc(C)ccc3OC)c2C)cc1. The Bertz CT molecular complexity index is 1310. The van der Waals surface area contributed by atoms with Gasteiger partial charge in [-0.3, -0.25) is 9.59 Å². The molecule has 3 aromatic rings. The molecule has 0 fully saturated rings. The van der Waals surface area contributed by atoms with Gasteiger partial charge in [0.2, 0.25) is 5.91 Å². The Kier molecular flexibility index (Phi) is 7.95. The maximum atomic E-state index is 12.6. The van der Waals surface area contributed by atoms with Crippen molar-refractivity contribution >= 4 is 23.6 Å². The average molecular weight is 473 g/mol. The van der Waals surface area contributed by atoms with Crippen molar-refractivity contribution in [1.29, 1.82) is 5.26 Å². The molecule has 0 radical (unpaired) electrons. The lowest BCUT2D eigenvalue weighted by Crippen LogP contribution is -2.33. The van der Waals surface area contributed by atoms with Crippen LogP contribution in [0.5, 0.6) is 11.5 Å². The van der Waals surface area contributed by atoms with Gasteiger partial charge >= 0.3 is 0 Å². The van der Waals surface area contributed by atoms with Crippen LogP contribution in [0.4, 0.5) is 5.69 Å². The fourth-order valence-corrected chi connectivity index (χ4v) is 3.74. The van der Waals surface area contributed by atoms with E-state index in [1.54, 1.807) is 19.2 Å². The third-order valence-electron chi connectivity index (χ3n) is 5.50. The van der Waals surface area contributed by atoms with Crippen molar-refractivity contribution in [3.8, 4) is 23.3 Å². The first-order valence-corrected chi connectivity index (χ1v) is 10.9. The molecule has 3 rings (SSSR count). The summed E-state index contributed by atoms with van der Waals surface area (Å²) in [4.78, 5) is 25.0. The molecule has 35 heavy (non-hydrogen) atoms. The number of hydrogen-bond donors (Lipinski definition) is 2. The topological polar surface area (TPSA) is 105 Å². The third-order valence-corrected chi connectivity index (χ3v) is 5.50. The summed E-state index contributed by atoms with van der Waals surface area (Å²) in [5.74, 6) is 0.204. The van der Waals surface area contributed by atoms with Crippen molar-refractivity contribution in [3.05, 3.63) is 76.6 Å². The first-order valence-electron chi connectivity index (χ1n) is 10.9. The van der Waals surface area contributed by atoms with Crippen LogP contribution in [0.15, 0.2) is 54.1 Å². The normalized spacial score (nSPS) is 10.9. The fourth-order valence-electron chi connectivity index (χ4n) is 3.74. The van der Waals surface area contributed by atoms with Crippen molar-refractivity contribution < 1.29 is 19.1 Å². The number of hydrogen-bond acceptors (Lipinski definition) is 5. The van der Waals surface area contributed by atoms with Crippen LogP contribution in [0.2, 0.25) is 0 Å². The largest absolute Gasteiger partial charge is 0.497 e. The van der Waals surface area contributed by atoms with E-state index in [1.807, 2.05) is 67.8 Å². The second kappa shape index (κ2) is 11.1. The summed E-state index contributed by atoms with van der Waals surface area (Å²) in [6, 6.07) is 16.8. The number of nitriles is 1. The van der Waals surface area contributed by atoms with Gasteiger partial charge in [-0.15, -0.1) is 0 Å². The molecule has 8 heteroatoms. The van der Waals surface area contributed by atoms with E-state index in [1.165, 1.54) is 13.2 Å². The summed E-state index contributed by atoms with van der Waals surface area (Å²) in [7, 11) is 3.12. The van der Waals surface area contributed by atoms with Gasteiger partial charge in [0.05, 0.1) is 26.5 Å². The summed E-state index contributed by atoms with van der Waals surface area (Å²) in [6.45, 7) is 5.47. The molecule has 2 amide bonds. The molecular formula is C27H28N4O4. The van der Waals surface area contributed by atoms with Gasteiger partial charge in [0.1, 0.15) is 23.1 Å². The van der Waals surface area contributed by atoms with E-state index >= 15 is 0 Å². The number of ether oxygens (including phenoxy) is 2. The van der Waals surface area contributed by atoms with Gasteiger partial charge in [0.25, 0.3) is 5.91 Å². The summed E-state index contributed by atoms with van der Waals surface area (Å²) >= 11 is 0. The van der Waals surface area contributed by atoms with Gasteiger partial charge in [-0.2, -0.15) is 5.26 Å². The Balaban J connectivity index is 1.73. The number of carbonyl (C=O) groups is 2. The van der Waals surface area contributed by atoms with Gasteiger partial charge in [0.15, 0.2) is 0 Å². The lowest BCUT2D eigenvalue weighted by Gasteiger charge is -2.11. The van der Waals surface area contributed by atoms with Crippen LogP contribution in [0.25, 0.3) is 11.8 Å². The zero-order chi connectivity index (χ0) is 25.5. The number of nitrogens with zero attached hydrogens (tertiary/aromatic N) is 2. The highest BCUT2D eigenvalue weighted by Crippen LogP contribution is 2.26. The van der Waals surface area contributed by atoms with Crippen LogP contribution in [0.1, 0.15) is 22.5 Å². The Morgan fingerprint density at radius 2 is 1.74 bits per heavy atom. The van der Waals surface area contributed by atoms with E-state index in [4.69, 9.17) is 9.47 Å². The molecule has 0 saturated heterocycles. The van der Waals surface area contributed by atoms with Crippen molar-refractivity contribution in [2.75, 3.05) is 26.1 Å². The second-order valence-electron chi connectivity index (χ2n) is 7.96. The zero-order valence-electron chi connectivity index (χ0n) is 20.4. The molecule has 1 heterocycles. The minimum Gasteiger partial charge on any atom is -0.497 e. The van der Waals surface area contributed by atoms with Crippen LogP contribution in [0, 0.1) is 32.1 Å². The lowest BCUT2D eigenvalue weighted by molar-refractivity contribution is -0.121. The highest BCUT2D eigenvalue weighted by atomic mass is 16.5. The first kappa shape index (κ1) is 25.1. The van der Waals surface area contributed by atoms with Gasteiger partial charge in [-0.1, -0.05) is 6.07 Å². The summed E-state index contributed by atoms with van der Waals surface area (Å²) in [5.41, 5.74) is 4.85. The van der Waals surface area contributed by atoms with E-state index in [0.717, 1.165) is 34.0 Å². The van der Waals surface area contributed by atoms with Gasteiger partial charge in [-0.25, -0.2) is 0 Å². The first-order chi connectivity index (χ1) is 16.8. The molecular weight excluding hydrogens is 444 g/mol. The number of anilines is 1. The number of carbonyl (C=O) groups excluding carboxylic acids is 2. The number of nitrogens with one attached hydrogen (secondary N) is 2. The van der Waals surface area contributed by atoms with Crippen molar-refractivity contribution in [3.63, 3.8) is 0 Å². The van der Waals surface area contributed by atoms with Crippen LogP contribution >= 0.6 is 0 Å². The number of aryl methyl sites for hydroxylation is 2. The average Bonchev–Trinajstić information content (AvgIpc) is 3.13. The van der Waals surface area contributed by atoms with Crippen LogP contribution in [-0.4, -0.2) is 37.1 Å². The van der Waals surface area contributed by atoms with E-state index in [-0.39, 0.29) is 12.1 Å². The van der Waals surface area contributed by atoms with Crippen molar-refractivity contribution in [1.82, 2.24) is 9.88 Å². The van der Waals surface area contributed by atoms with E-state index in [9.17, 15) is 14.9 Å². The maximum Gasteiger partial charge on any atom is 0.262 e. The maximum absolute atomic E-state index is 12.6. The Morgan fingerprint density at radius 1 is 1.03 bits per heavy atom.